The van der Waals surface area contributed by atoms with Gasteiger partial charge in [0.25, 0.3) is 0 Å². The van der Waals surface area contributed by atoms with Gasteiger partial charge in [-0.3, -0.25) is 4.79 Å². The van der Waals surface area contributed by atoms with Gasteiger partial charge in [0.2, 0.25) is 0 Å². The van der Waals surface area contributed by atoms with Crippen molar-refractivity contribution < 1.29 is 113 Å². The summed E-state index contributed by atoms with van der Waals surface area (Å²) >= 11 is 0. The first-order valence-electron chi connectivity index (χ1n) is 27.2. The van der Waals surface area contributed by atoms with Crippen molar-refractivity contribution in [3.8, 4) is 0 Å². The average molecular weight is 1100 g/mol. The number of unbranched alkanes of at least 4 members (excludes halogenated alkanes) is 11. The van der Waals surface area contributed by atoms with Crippen LogP contribution in [0.5, 0.6) is 0 Å². The molecule has 11 atom stereocenters. The number of rotatable bonds is 58. The zero-order chi connectivity index (χ0) is 55.6. The van der Waals surface area contributed by atoms with Crippen LogP contribution in [0.15, 0.2) is 12.2 Å². The van der Waals surface area contributed by atoms with Crippen LogP contribution in [0.3, 0.4) is 0 Å². The maximum absolute atomic E-state index is 12.9. The monoisotopic (exact) mass is 1090 g/mol. The highest BCUT2D eigenvalue weighted by Crippen LogP contribution is 2.12. The molecule has 0 radical (unpaired) electrons. The van der Waals surface area contributed by atoms with Crippen LogP contribution in [-0.2, 0) is 56.9 Å². The van der Waals surface area contributed by atoms with Crippen LogP contribution in [0.2, 0.25) is 0 Å². The lowest BCUT2D eigenvalue weighted by molar-refractivity contribution is -0.164. The maximum Gasteiger partial charge on any atom is 0.305 e. The lowest BCUT2D eigenvalue weighted by Gasteiger charge is -2.27. The second-order valence-corrected chi connectivity index (χ2v) is 18.8. The number of ether oxygens (including phenoxy) is 11. The Kier molecular flexibility index (Phi) is 51.9. The van der Waals surface area contributed by atoms with Crippen molar-refractivity contribution in [1.82, 2.24) is 0 Å². The van der Waals surface area contributed by atoms with Crippen LogP contribution in [0.25, 0.3) is 0 Å². The van der Waals surface area contributed by atoms with Crippen LogP contribution < -0.4 is 0 Å². The lowest BCUT2D eigenvalue weighted by atomic mass is 10.1. The molecule has 0 heterocycles. The lowest BCUT2D eigenvalue weighted by Crippen LogP contribution is -2.39. The van der Waals surface area contributed by atoms with Crippen LogP contribution in [0.1, 0.15) is 110 Å². The molecule has 23 heteroatoms. The van der Waals surface area contributed by atoms with E-state index in [1.165, 1.54) is 38.5 Å². The molecule has 75 heavy (non-hydrogen) atoms. The minimum Gasteiger partial charge on any atom is -0.463 e. The first kappa shape index (κ1) is 73.4. The molecule has 448 valence electrons. The molecule has 0 saturated carbocycles. The molecule has 0 amide bonds. The Labute approximate surface area is 446 Å². The SMILES string of the molecule is CCCCCCCC/C=C\CCCCCCCC(=O)OCC(COCC(O)CO)OC(COCC(O)COCC(O)COCC(O)CO)COCC(COCC(O)COCC(O)CO)OCC(O)COCC(O)CC. The molecule has 0 aliphatic heterocycles. The van der Waals surface area contributed by atoms with Crippen LogP contribution >= 0.6 is 0 Å². The summed E-state index contributed by atoms with van der Waals surface area (Å²) in [7, 11) is 0. The number of allylic oxidation sites excluding steroid dienone is 2. The third kappa shape index (κ3) is 49.2. The summed E-state index contributed by atoms with van der Waals surface area (Å²) in [6.07, 6.45) is 8.68. The number of esters is 1. The predicted molar refractivity (Wildman–Crippen MR) is 275 cm³/mol. The van der Waals surface area contributed by atoms with E-state index in [0.717, 1.165) is 38.5 Å². The second kappa shape index (κ2) is 53.0. The number of carbonyl (C=O) groups is 1. The van der Waals surface area contributed by atoms with Crippen LogP contribution in [0.4, 0.5) is 0 Å². The van der Waals surface area contributed by atoms with Crippen molar-refractivity contribution in [3.63, 3.8) is 0 Å². The van der Waals surface area contributed by atoms with E-state index in [1.807, 2.05) is 0 Å². The molecule has 11 unspecified atom stereocenters. The van der Waals surface area contributed by atoms with Gasteiger partial charge in [0, 0.05) is 6.42 Å². The molecule has 0 fully saturated rings. The van der Waals surface area contributed by atoms with Gasteiger partial charge in [0.05, 0.1) is 138 Å². The summed E-state index contributed by atoms with van der Waals surface area (Å²) < 4.78 is 62.0. The van der Waals surface area contributed by atoms with Gasteiger partial charge in [-0.15, -0.1) is 0 Å². The number of carbonyl (C=O) groups excluding carboxylic acids is 1. The van der Waals surface area contributed by atoms with Crippen molar-refractivity contribution in [1.29, 1.82) is 0 Å². The third-order valence-corrected chi connectivity index (χ3v) is 11.0. The maximum atomic E-state index is 12.9. The Morgan fingerprint density at radius 2 is 0.680 bits per heavy atom. The highest BCUT2D eigenvalue weighted by atomic mass is 16.6. The molecule has 0 bridgehead atoms. The Bertz CT molecular complexity index is 1240. The molecule has 0 saturated heterocycles. The minimum absolute atomic E-state index is 0.0227. The average Bonchev–Trinajstić information content (AvgIpc) is 3.39. The standard InChI is InChI=1S/C52H102O23/c1-3-5-6-7-8-9-10-11-12-13-14-15-16-17-18-19-52(64)74-40-51(39-69-26-44(59)22-55)75-50(37-71-32-47(62)30-68-29-45(60)27-66-24-42(57)20-53)38-72-36-49(73-34-48(63)33-65-23-41(56)4-2)35-70-31-46(61)28-67-25-43(58)21-54/h11-12,41-51,53-63H,3-10,13-40H2,1-2H3/b12-11-. The fraction of sp³-hybridized carbons (Fsp3) is 0.942. The normalized spacial score (nSPS) is 16.6. The van der Waals surface area contributed by atoms with Gasteiger partial charge < -0.3 is 108 Å². The first-order valence-corrected chi connectivity index (χ1v) is 27.2. The van der Waals surface area contributed by atoms with Gasteiger partial charge in [-0.05, 0) is 38.5 Å². The minimum atomic E-state index is -1.17. The zero-order valence-electron chi connectivity index (χ0n) is 45.3. The number of aliphatic hydroxyl groups excluding tert-OH is 11. The van der Waals surface area contributed by atoms with Gasteiger partial charge >= 0.3 is 5.97 Å². The van der Waals surface area contributed by atoms with E-state index in [9.17, 15) is 50.8 Å². The summed E-state index contributed by atoms with van der Waals surface area (Å²) in [4.78, 5) is 12.9. The molecule has 0 aromatic carbocycles. The third-order valence-electron chi connectivity index (χ3n) is 11.0. The van der Waals surface area contributed by atoms with Crippen molar-refractivity contribution >= 4 is 5.97 Å². The van der Waals surface area contributed by atoms with Gasteiger partial charge in [0.1, 0.15) is 67.6 Å². The van der Waals surface area contributed by atoms with Gasteiger partial charge in [-0.1, -0.05) is 77.4 Å². The number of hydrogen-bond acceptors (Lipinski definition) is 23. The van der Waals surface area contributed by atoms with Crippen LogP contribution in [0, 0.1) is 0 Å². The summed E-state index contributed by atoms with van der Waals surface area (Å²) in [6.45, 7) is -0.745. The molecular formula is C52H102O23. The molecule has 0 aromatic rings. The Hall–Kier alpha value is -1.63. The molecule has 0 spiro atoms. The quantitative estimate of drug-likeness (QED) is 0.0219. The summed E-state index contributed by atoms with van der Waals surface area (Å²) in [5, 5.41) is 107. The summed E-state index contributed by atoms with van der Waals surface area (Å²) in [5.41, 5.74) is 0. The molecule has 0 aliphatic rings. The van der Waals surface area contributed by atoms with Crippen molar-refractivity contribution in [2.24, 2.45) is 0 Å². The van der Waals surface area contributed by atoms with Gasteiger partial charge in [-0.2, -0.15) is 0 Å². The Morgan fingerprint density at radius 3 is 1.09 bits per heavy atom. The smallest absolute Gasteiger partial charge is 0.305 e. The van der Waals surface area contributed by atoms with E-state index >= 15 is 0 Å². The molecule has 0 aromatic heterocycles. The molecule has 0 aliphatic carbocycles. The highest BCUT2D eigenvalue weighted by Gasteiger charge is 2.23. The Balaban J connectivity index is 5.69. The van der Waals surface area contributed by atoms with E-state index in [0.29, 0.717) is 12.8 Å². The largest absolute Gasteiger partial charge is 0.463 e. The summed E-state index contributed by atoms with van der Waals surface area (Å²) in [6, 6.07) is 0. The molecular weight excluding hydrogens is 993 g/mol. The second-order valence-electron chi connectivity index (χ2n) is 18.8. The van der Waals surface area contributed by atoms with Crippen molar-refractivity contribution in [2.75, 3.05) is 139 Å². The first-order chi connectivity index (χ1) is 36.3. The van der Waals surface area contributed by atoms with E-state index in [2.05, 4.69) is 19.1 Å². The highest BCUT2D eigenvalue weighted by molar-refractivity contribution is 5.69. The topological polar surface area (TPSA) is 341 Å². The van der Waals surface area contributed by atoms with E-state index < -0.39 is 92.9 Å². The Morgan fingerprint density at radius 1 is 0.360 bits per heavy atom. The van der Waals surface area contributed by atoms with Crippen molar-refractivity contribution in [3.05, 3.63) is 12.2 Å². The van der Waals surface area contributed by atoms with Gasteiger partial charge in [-0.25, -0.2) is 0 Å². The molecule has 23 nitrogen and oxygen atoms in total. The van der Waals surface area contributed by atoms with E-state index in [4.69, 9.17) is 62.3 Å². The molecule has 11 N–H and O–H groups in total. The van der Waals surface area contributed by atoms with E-state index in [1.54, 1.807) is 6.92 Å². The van der Waals surface area contributed by atoms with Crippen molar-refractivity contribution in [2.45, 2.75) is 177 Å². The predicted octanol–water partition coefficient (Wildman–Crippen LogP) is 0.113. The number of hydrogen-bond donors (Lipinski definition) is 11. The summed E-state index contributed by atoms with van der Waals surface area (Å²) in [5.74, 6) is -0.434. The van der Waals surface area contributed by atoms with E-state index in [-0.39, 0.29) is 125 Å². The van der Waals surface area contributed by atoms with Crippen LogP contribution in [-0.4, -0.2) is 268 Å². The fourth-order valence-corrected chi connectivity index (χ4v) is 6.68. The molecule has 0 rings (SSSR count). The zero-order valence-corrected chi connectivity index (χ0v) is 45.3. The number of aliphatic hydroxyl groups is 11. The van der Waals surface area contributed by atoms with Gasteiger partial charge in [0.15, 0.2) is 0 Å². The fourth-order valence-electron chi connectivity index (χ4n) is 6.68.